The maximum absolute atomic E-state index is 12.9. The fourth-order valence-corrected chi connectivity index (χ4v) is 7.27. The molecule has 1 aliphatic heterocycles. The first-order valence-corrected chi connectivity index (χ1v) is 12.6. The van der Waals surface area contributed by atoms with E-state index in [1.54, 1.807) is 12.3 Å². The van der Waals surface area contributed by atoms with Gasteiger partial charge in [-0.15, -0.1) is 11.3 Å². The molecule has 0 spiro atoms. The lowest BCUT2D eigenvalue weighted by Gasteiger charge is -2.31. The maximum Gasteiger partial charge on any atom is 0.252 e. The molecule has 2 aliphatic rings. The van der Waals surface area contributed by atoms with Crippen molar-refractivity contribution in [3.8, 4) is 0 Å². The molecular weight excluding hydrogens is 408 g/mol. The van der Waals surface area contributed by atoms with Crippen LogP contribution in [0.1, 0.15) is 55.9 Å². The molecule has 0 bridgehead atoms. The molecule has 0 unspecified atom stereocenters. The summed E-state index contributed by atoms with van der Waals surface area (Å²) >= 11 is 1.28. The van der Waals surface area contributed by atoms with Crippen LogP contribution >= 0.6 is 11.3 Å². The number of carbonyl (C=O) groups is 1. The van der Waals surface area contributed by atoms with Crippen LogP contribution in [0.25, 0.3) is 0 Å². The monoisotopic (exact) mass is 436 g/mol. The van der Waals surface area contributed by atoms with E-state index in [1.807, 2.05) is 23.7 Å². The van der Waals surface area contributed by atoms with Gasteiger partial charge in [-0.25, -0.2) is 13.1 Å². The average Bonchev–Trinajstić information content (AvgIpc) is 3.38. The van der Waals surface area contributed by atoms with E-state index in [-0.39, 0.29) is 18.4 Å². The van der Waals surface area contributed by atoms with Gasteiger partial charge in [0, 0.05) is 24.0 Å². The average molecular weight is 437 g/mol. The number of hydrogen-bond donors (Lipinski definition) is 1. The van der Waals surface area contributed by atoms with Gasteiger partial charge in [-0.2, -0.15) is 9.40 Å². The molecule has 0 aromatic carbocycles. The van der Waals surface area contributed by atoms with Gasteiger partial charge >= 0.3 is 0 Å². The number of amides is 1. The topological polar surface area (TPSA) is 84.3 Å². The normalized spacial score (nSPS) is 21.9. The van der Waals surface area contributed by atoms with E-state index < -0.39 is 10.0 Å². The summed E-state index contributed by atoms with van der Waals surface area (Å²) in [6.07, 6.45) is 8.91. The number of sulfonamides is 1. The fraction of sp³-hybridized carbons (Fsp3) is 0.600. The molecule has 4 rings (SSSR count). The SMILES string of the molecule is Cc1ccc(S(=O)(=O)N2CCC[C@@H](C(=O)Nc3ccnn3C3CCCCC3)C2)s1. The summed E-state index contributed by atoms with van der Waals surface area (Å²) in [7, 11) is -3.54. The number of rotatable bonds is 5. The Morgan fingerprint density at radius 3 is 2.66 bits per heavy atom. The van der Waals surface area contributed by atoms with Gasteiger partial charge in [0.05, 0.1) is 18.2 Å². The first-order chi connectivity index (χ1) is 13.9. The quantitative estimate of drug-likeness (QED) is 0.773. The van der Waals surface area contributed by atoms with Crippen molar-refractivity contribution in [1.82, 2.24) is 14.1 Å². The summed E-state index contributed by atoms with van der Waals surface area (Å²) in [6, 6.07) is 5.64. The minimum atomic E-state index is -3.54. The van der Waals surface area contributed by atoms with Gasteiger partial charge in [-0.1, -0.05) is 19.3 Å². The number of hydrogen-bond acceptors (Lipinski definition) is 5. The molecule has 1 N–H and O–H groups in total. The molecule has 1 saturated carbocycles. The zero-order chi connectivity index (χ0) is 20.4. The van der Waals surface area contributed by atoms with Crippen molar-refractivity contribution in [3.05, 3.63) is 29.3 Å². The molecule has 3 heterocycles. The van der Waals surface area contributed by atoms with Gasteiger partial charge in [0.15, 0.2) is 0 Å². The van der Waals surface area contributed by atoms with E-state index in [9.17, 15) is 13.2 Å². The highest BCUT2D eigenvalue weighted by atomic mass is 32.2. The van der Waals surface area contributed by atoms with Crippen molar-refractivity contribution in [2.75, 3.05) is 18.4 Å². The van der Waals surface area contributed by atoms with Crippen molar-refractivity contribution in [2.24, 2.45) is 5.92 Å². The van der Waals surface area contributed by atoms with Crippen LogP contribution in [-0.2, 0) is 14.8 Å². The highest BCUT2D eigenvalue weighted by molar-refractivity contribution is 7.91. The fourth-order valence-electron chi connectivity index (χ4n) is 4.31. The number of carbonyl (C=O) groups excluding carboxylic acids is 1. The molecule has 1 saturated heterocycles. The molecule has 2 aromatic heterocycles. The summed E-state index contributed by atoms with van der Waals surface area (Å²) in [6.45, 7) is 2.58. The second kappa shape index (κ2) is 8.57. The number of nitrogens with zero attached hydrogens (tertiary/aromatic N) is 3. The maximum atomic E-state index is 12.9. The summed E-state index contributed by atoms with van der Waals surface area (Å²) in [5.74, 6) is 0.245. The molecule has 1 amide bonds. The van der Waals surface area contributed by atoms with Crippen molar-refractivity contribution in [3.63, 3.8) is 0 Å². The lowest BCUT2D eigenvalue weighted by molar-refractivity contribution is -0.120. The van der Waals surface area contributed by atoms with Gasteiger partial charge in [0.1, 0.15) is 10.0 Å². The standard InChI is InChI=1S/C20H28N4O3S2/c1-15-9-10-19(28-15)29(26,27)23-13-5-6-16(14-23)20(25)22-18-11-12-21-24(18)17-7-3-2-4-8-17/h9-12,16-17H,2-8,13-14H2,1H3,(H,22,25)/t16-/m1/s1. The lowest BCUT2D eigenvalue weighted by Crippen LogP contribution is -2.43. The zero-order valence-electron chi connectivity index (χ0n) is 16.7. The summed E-state index contributed by atoms with van der Waals surface area (Å²) < 4.78 is 29.6. The lowest BCUT2D eigenvalue weighted by atomic mass is 9.95. The molecule has 1 atom stereocenters. The van der Waals surface area contributed by atoms with E-state index in [1.165, 1.54) is 34.9 Å². The minimum Gasteiger partial charge on any atom is -0.311 e. The zero-order valence-corrected chi connectivity index (χ0v) is 18.3. The Morgan fingerprint density at radius 2 is 1.93 bits per heavy atom. The van der Waals surface area contributed by atoms with Gasteiger partial charge < -0.3 is 5.32 Å². The second-order valence-corrected chi connectivity index (χ2v) is 11.5. The Bertz CT molecular complexity index is 960. The van der Waals surface area contributed by atoms with Crippen molar-refractivity contribution in [2.45, 2.75) is 62.1 Å². The smallest absolute Gasteiger partial charge is 0.252 e. The predicted molar refractivity (Wildman–Crippen MR) is 114 cm³/mol. The van der Waals surface area contributed by atoms with E-state index in [4.69, 9.17) is 0 Å². The first-order valence-electron chi connectivity index (χ1n) is 10.4. The number of thiophene rings is 1. The number of aromatic nitrogens is 2. The molecule has 9 heteroatoms. The third-order valence-corrected chi connectivity index (χ3v) is 9.24. The van der Waals surface area contributed by atoms with Gasteiger partial charge in [0.25, 0.3) is 10.0 Å². The van der Waals surface area contributed by atoms with Gasteiger partial charge in [-0.3, -0.25) is 4.79 Å². The van der Waals surface area contributed by atoms with Crippen LogP contribution in [0.15, 0.2) is 28.6 Å². The van der Waals surface area contributed by atoms with Crippen LogP contribution in [0.2, 0.25) is 0 Å². The van der Waals surface area contributed by atoms with Gasteiger partial charge in [-0.05, 0) is 44.7 Å². The molecule has 158 valence electrons. The van der Waals surface area contributed by atoms with Crippen molar-refractivity contribution >= 4 is 33.1 Å². The van der Waals surface area contributed by atoms with Gasteiger partial charge in [0.2, 0.25) is 5.91 Å². The van der Waals surface area contributed by atoms with Crippen LogP contribution < -0.4 is 5.32 Å². The summed E-state index contributed by atoms with van der Waals surface area (Å²) in [5.41, 5.74) is 0. The summed E-state index contributed by atoms with van der Waals surface area (Å²) in [4.78, 5) is 13.9. The third-order valence-electron chi connectivity index (χ3n) is 5.91. The Labute approximate surface area is 176 Å². The molecular formula is C20H28N4O3S2. The Balaban J connectivity index is 1.44. The third kappa shape index (κ3) is 4.41. The van der Waals surface area contributed by atoms with E-state index in [2.05, 4.69) is 10.4 Å². The molecule has 1 aliphatic carbocycles. The number of aryl methyl sites for hydroxylation is 1. The number of anilines is 1. The predicted octanol–water partition coefficient (Wildman–Crippen LogP) is 3.80. The molecule has 2 aromatic rings. The highest BCUT2D eigenvalue weighted by Gasteiger charge is 2.34. The number of piperidine rings is 1. The Hall–Kier alpha value is -1.71. The Morgan fingerprint density at radius 1 is 1.14 bits per heavy atom. The van der Waals surface area contributed by atoms with Crippen LogP contribution in [0, 0.1) is 12.8 Å². The molecule has 2 fully saturated rings. The highest BCUT2D eigenvalue weighted by Crippen LogP contribution is 2.31. The van der Waals surface area contributed by atoms with E-state index in [0.29, 0.717) is 29.6 Å². The molecule has 29 heavy (non-hydrogen) atoms. The Kier molecular flexibility index (Phi) is 6.08. The van der Waals surface area contributed by atoms with Crippen molar-refractivity contribution < 1.29 is 13.2 Å². The van der Waals surface area contributed by atoms with Crippen LogP contribution in [0.4, 0.5) is 5.82 Å². The largest absolute Gasteiger partial charge is 0.311 e. The van der Waals surface area contributed by atoms with E-state index in [0.717, 1.165) is 23.5 Å². The minimum absolute atomic E-state index is 0.121. The van der Waals surface area contributed by atoms with E-state index >= 15 is 0 Å². The van der Waals surface area contributed by atoms with Crippen LogP contribution in [0.3, 0.4) is 0 Å². The first kappa shape index (κ1) is 20.6. The second-order valence-electron chi connectivity index (χ2n) is 8.01. The van der Waals surface area contributed by atoms with Crippen LogP contribution in [-0.4, -0.2) is 41.5 Å². The molecule has 0 radical (unpaired) electrons. The molecule has 7 nitrogen and oxygen atoms in total. The van der Waals surface area contributed by atoms with Crippen molar-refractivity contribution in [1.29, 1.82) is 0 Å². The van der Waals surface area contributed by atoms with Crippen LogP contribution in [0.5, 0.6) is 0 Å². The summed E-state index contributed by atoms with van der Waals surface area (Å²) in [5, 5.41) is 7.45. The number of nitrogens with one attached hydrogen (secondary N) is 1.